The van der Waals surface area contributed by atoms with Gasteiger partial charge < -0.3 is 10.0 Å². The van der Waals surface area contributed by atoms with Crippen LogP contribution in [0.5, 0.6) is 0 Å². The molecule has 3 heteroatoms. The molecule has 1 aromatic carbocycles. The lowest BCUT2D eigenvalue weighted by Crippen LogP contribution is -2.27. The number of thiophene rings is 1. The number of piperidine rings is 1. The van der Waals surface area contributed by atoms with Gasteiger partial charge in [-0.25, -0.2) is 0 Å². The summed E-state index contributed by atoms with van der Waals surface area (Å²) in [5, 5.41) is 12.7. The normalized spacial score (nSPS) is 22.2. The van der Waals surface area contributed by atoms with Crippen molar-refractivity contribution < 1.29 is 5.11 Å². The van der Waals surface area contributed by atoms with Gasteiger partial charge in [-0.3, -0.25) is 0 Å². The van der Waals surface area contributed by atoms with E-state index >= 15 is 0 Å². The van der Waals surface area contributed by atoms with Gasteiger partial charge in [-0.2, -0.15) is 0 Å². The molecule has 0 spiro atoms. The fourth-order valence-corrected chi connectivity index (χ4v) is 4.58. The molecule has 0 amide bonds. The van der Waals surface area contributed by atoms with Crippen molar-refractivity contribution in [1.29, 1.82) is 0 Å². The first-order valence-corrected chi connectivity index (χ1v) is 8.86. The summed E-state index contributed by atoms with van der Waals surface area (Å²) < 4.78 is 0. The zero-order valence-corrected chi connectivity index (χ0v) is 13.7. The highest BCUT2D eigenvalue weighted by atomic mass is 32.1. The molecule has 1 fully saturated rings. The van der Waals surface area contributed by atoms with Crippen molar-refractivity contribution >= 4 is 16.9 Å². The van der Waals surface area contributed by atoms with Gasteiger partial charge in [-0.15, -0.1) is 11.3 Å². The standard InChI is InChI=1S/C19H21NOS/c1-20-9-6-13(7-10-20)18-15-5-3-2-4-14(15)12-17(21)19-16(18)8-11-22-19/h2-5,8,11,17,21H,6-7,9-10,12H2,1H3/t17-/m0/s1. The Labute approximate surface area is 135 Å². The van der Waals surface area contributed by atoms with Crippen molar-refractivity contribution in [3.63, 3.8) is 0 Å². The molecule has 1 aliphatic heterocycles. The second-order valence-electron chi connectivity index (χ2n) is 6.36. The van der Waals surface area contributed by atoms with Crippen LogP contribution >= 0.6 is 11.3 Å². The predicted molar refractivity (Wildman–Crippen MR) is 92.2 cm³/mol. The summed E-state index contributed by atoms with van der Waals surface area (Å²) in [5.74, 6) is 0. The maximum absolute atomic E-state index is 10.6. The van der Waals surface area contributed by atoms with Crippen molar-refractivity contribution in [1.82, 2.24) is 4.90 Å². The summed E-state index contributed by atoms with van der Waals surface area (Å²) >= 11 is 1.69. The third-order valence-electron chi connectivity index (χ3n) is 4.91. The van der Waals surface area contributed by atoms with Gasteiger partial charge in [0.25, 0.3) is 0 Å². The lowest BCUT2D eigenvalue weighted by Gasteiger charge is -2.27. The Hall–Kier alpha value is -1.42. The van der Waals surface area contributed by atoms with Crippen LogP contribution in [0.4, 0.5) is 0 Å². The molecule has 1 aliphatic carbocycles. The van der Waals surface area contributed by atoms with Crippen molar-refractivity contribution in [3.05, 3.63) is 62.9 Å². The largest absolute Gasteiger partial charge is 0.387 e. The third kappa shape index (κ3) is 2.34. The minimum absolute atomic E-state index is 0.375. The Morgan fingerprint density at radius 1 is 1.09 bits per heavy atom. The Kier molecular flexibility index (Phi) is 3.65. The van der Waals surface area contributed by atoms with E-state index in [1.807, 2.05) is 0 Å². The fraction of sp³-hybridized carbons (Fsp3) is 0.368. The van der Waals surface area contributed by atoms with Gasteiger partial charge in [0.1, 0.15) is 0 Å². The summed E-state index contributed by atoms with van der Waals surface area (Å²) in [6.45, 7) is 2.26. The smallest absolute Gasteiger partial charge is 0.0928 e. The van der Waals surface area contributed by atoms with Crippen molar-refractivity contribution in [2.75, 3.05) is 20.1 Å². The molecule has 1 saturated heterocycles. The van der Waals surface area contributed by atoms with Gasteiger partial charge >= 0.3 is 0 Å². The highest BCUT2D eigenvalue weighted by Gasteiger charge is 2.27. The number of hydrogen-bond donors (Lipinski definition) is 1. The number of nitrogens with zero attached hydrogens (tertiary/aromatic N) is 1. The molecule has 2 aliphatic rings. The second kappa shape index (κ2) is 5.65. The van der Waals surface area contributed by atoms with Gasteiger partial charge in [0.05, 0.1) is 6.10 Å². The van der Waals surface area contributed by atoms with E-state index in [0.29, 0.717) is 0 Å². The molecular weight excluding hydrogens is 290 g/mol. The molecule has 0 radical (unpaired) electrons. The molecule has 0 bridgehead atoms. The predicted octanol–water partition coefficient (Wildman–Crippen LogP) is 3.87. The quantitative estimate of drug-likeness (QED) is 0.798. The monoisotopic (exact) mass is 311 g/mol. The van der Waals surface area contributed by atoms with Crippen LogP contribution in [0, 0.1) is 0 Å². The van der Waals surface area contributed by atoms with Crippen LogP contribution in [0.15, 0.2) is 41.3 Å². The average molecular weight is 311 g/mol. The average Bonchev–Trinajstić information content (AvgIpc) is 2.96. The van der Waals surface area contributed by atoms with Crippen molar-refractivity contribution in [2.45, 2.75) is 25.4 Å². The topological polar surface area (TPSA) is 23.5 Å². The third-order valence-corrected chi connectivity index (χ3v) is 5.93. The molecule has 1 N–H and O–H groups in total. The Morgan fingerprint density at radius 2 is 1.86 bits per heavy atom. The SMILES string of the molecule is CN1CCC(=C2c3ccccc3C[C@H](O)c3sccc32)CC1. The first-order valence-electron chi connectivity index (χ1n) is 7.98. The van der Waals surface area contributed by atoms with E-state index in [9.17, 15) is 5.11 Å². The molecule has 1 aromatic heterocycles. The molecule has 0 unspecified atom stereocenters. The molecule has 2 nitrogen and oxygen atoms in total. The van der Waals surface area contributed by atoms with Gasteiger partial charge in [0.2, 0.25) is 0 Å². The van der Waals surface area contributed by atoms with Crippen LogP contribution in [0.25, 0.3) is 5.57 Å². The molecular formula is C19H21NOS. The van der Waals surface area contributed by atoms with E-state index in [2.05, 4.69) is 47.7 Å². The van der Waals surface area contributed by atoms with E-state index in [4.69, 9.17) is 0 Å². The fourth-order valence-electron chi connectivity index (χ4n) is 3.69. The highest BCUT2D eigenvalue weighted by molar-refractivity contribution is 7.10. The maximum Gasteiger partial charge on any atom is 0.0928 e. The molecule has 22 heavy (non-hydrogen) atoms. The summed E-state index contributed by atoms with van der Waals surface area (Å²) in [5.41, 5.74) is 6.83. The van der Waals surface area contributed by atoms with Gasteiger partial charge in [-0.05, 0) is 53.6 Å². The van der Waals surface area contributed by atoms with Gasteiger partial charge in [-0.1, -0.05) is 29.8 Å². The van der Waals surface area contributed by atoms with Crippen LogP contribution < -0.4 is 0 Å². The van der Waals surface area contributed by atoms with Crippen LogP contribution in [0.2, 0.25) is 0 Å². The molecule has 2 aromatic rings. The van der Waals surface area contributed by atoms with Crippen molar-refractivity contribution in [2.24, 2.45) is 0 Å². The van der Waals surface area contributed by atoms with Crippen LogP contribution in [-0.2, 0) is 6.42 Å². The number of aliphatic hydroxyl groups excluding tert-OH is 1. The van der Waals surface area contributed by atoms with Crippen LogP contribution in [0.3, 0.4) is 0 Å². The Balaban J connectivity index is 1.94. The number of likely N-dealkylation sites (tertiary alicyclic amines) is 1. The number of fused-ring (bicyclic) bond motifs is 2. The van der Waals surface area contributed by atoms with Gasteiger partial charge in [0.15, 0.2) is 0 Å². The second-order valence-corrected chi connectivity index (χ2v) is 7.31. The van der Waals surface area contributed by atoms with Crippen LogP contribution in [-0.4, -0.2) is 30.1 Å². The molecule has 2 heterocycles. The molecule has 1 atom stereocenters. The number of benzene rings is 1. The van der Waals surface area contributed by atoms with E-state index in [-0.39, 0.29) is 6.10 Å². The minimum atomic E-state index is -0.375. The molecule has 0 saturated carbocycles. The minimum Gasteiger partial charge on any atom is -0.387 e. The maximum atomic E-state index is 10.6. The Morgan fingerprint density at radius 3 is 2.68 bits per heavy atom. The summed E-state index contributed by atoms with van der Waals surface area (Å²) in [7, 11) is 2.20. The van der Waals surface area contributed by atoms with Crippen molar-refractivity contribution in [3.8, 4) is 0 Å². The Bertz CT molecular complexity index is 721. The summed E-state index contributed by atoms with van der Waals surface area (Å²) in [6, 6.07) is 10.8. The lowest BCUT2D eigenvalue weighted by atomic mass is 9.88. The van der Waals surface area contributed by atoms with E-state index in [0.717, 1.165) is 37.2 Å². The first kappa shape index (κ1) is 14.2. The highest BCUT2D eigenvalue weighted by Crippen LogP contribution is 2.43. The van der Waals surface area contributed by atoms with Crippen LogP contribution in [0.1, 0.15) is 40.5 Å². The first-order chi connectivity index (χ1) is 10.7. The van der Waals surface area contributed by atoms with Gasteiger partial charge in [0, 0.05) is 24.4 Å². The molecule has 4 rings (SSSR count). The zero-order chi connectivity index (χ0) is 15.1. The summed E-state index contributed by atoms with van der Waals surface area (Å²) in [6.07, 6.45) is 2.61. The summed E-state index contributed by atoms with van der Waals surface area (Å²) in [4.78, 5) is 3.54. The van der Waals surface area contributed by atoms with E-state index < -0.39 is 0 Å². The zero-order valence-electron chi connectivity index (χ0n) is 12.9. The lowest BCUT2D eigenvalue weighted by molar-refractivity contribution is 0.182. The number of rotatable bonds is 0. The number of aliphatic hydroxyl groups is 1. The van der Waals surface area contributed by atoms with E-state index in [1.54, 1.807) is 16.9 Å². The number of hydrogen-bond acceptors (Lipinski definition) is 3. The van der Waals surface area contributed by atoms with E-state index in [1.165, 1.54) is 22.3 Å². The molecule has 114 valence electrons.